The fourth-order valence-electron chi connectivity index (χ4n) is 1.61. The van der Waals surface area contributed by atoms with Crippen LogP contribution in [0.5, 0.6) is 0 Å². The van der Waals surface area contributed by atoms with Crippen molar-refractivity contribution in [2.75, 3.05) is 12.3 Å². The Kier molecular flexibility index (Phi) is 3.57. The molecular weight excluding hydrogens is 230 g/mol. The summed E-state index contributed by atoms with van der Waals surface area (Å²) in [6, 6.07) is 5.12. The van der Waals surface area contributed by atoms with Crippen molar-refractivity contribution < 1.29 is 4.79 Å². The van der Waals surface area contributed by atoms with Crippen LogP contribution in [0, 0.1) is 0 Å². The third kappa shape index (κ3) is 2.85. The number of nitrogens with two attached hydrogens (primary N) is 1. The molecule has 2 aromatic rings. The molecule has 0 saturated heterocycles. The minimum Gasteiger partial charge on any atom is -0.399 e. The van der Waals surface area contributed by atoms with Gasteiger partial charge in [0.2, 0.25) is 0 Å². The van der Waals surface area contributed by atoms with E-state index in [9.17, 15) is 4.79 Å². The quantitative estimate of drug-likeness (QED) is 0.814. The third-order valence-corrected chi connectivity index (χ3v) is 2.61. The zero-order valence-corrected chi connectivity index (χ0v) is 10.1. The number of nitrogens with zero attached hydrogens (tertiary/aromatic N) is 3. The van der Waals surface area contributed by atoms with E-state index in [1.807, 2.05) is 13.1 Å². The van der Waals surface area contributed by atoms with Crippen LogP contribution >= 0.6 is 0 Å². The molecule has 3 N–H and O–H groups in total. The summed E-state index contributed by atoms with van der Waals surface area (Å²) in [6.07, 6.45) is 3.98. The molecule has 1 amide bonds. The van der Waals surface area contributed by atoms with E-state index in [-0.39, 0.29) is 5.91 Å². The minimum atomic E-state index is -0.218. The highest BCUT2D eigenvalue weighted by atomic mass is 16.1. The molecule has 94 valence electrons. The van der Waals surface area contributed by atoms with Gasteiger partial charge in [0.05, 0.1) is 0 Å². The monoisotopic (exact) mass is 245 g/mol. The maximum atomic E-state index is 11.8. The van der Waals surface area contributed by atoms with E-state index in [0.717, 1.165) is 12.1 Å². The predicted octanol–water partition coefficient (Wildman–Crippen LogP) is 0.370. The van der Waals surface area contributed by atoms with Crippen molar-refractivity contribution in [3.05, 3.63) is 42.0 Å². The van der Waals surface area contributed by atoms with Crippen molar-refractivity contribution >= 4 is 11.6 Å². The van der Waals surface area contributed by atoms with Crippen LogP contribution in [0.15, 0.2) is 30.6 Å². The molecule has 0 unspecified atom stereocenters. The van der Waals surface area contributed by atoms with Crippen molar-refractivity contribution in [3.63, 3.8) is 0 Å². The summed E-state index contributed by atoms with van der Waals surface area (Å²) < 4.78 is 1.78. The van der Waals surface area contributed by atoms with Gasteiger partial charge < -0.3 is 11.1 Å². The number of pyridine rings is 1. The number of nitrogen functional groups attached to an aromatic ring is 1. The number of carbonyl (C=O) groups excluding carboxylic acids is 1. The van der Waals surface area contributed by atoms with Crippen LogP contribution in [0.25, 0.3) is 0 Å². The van der Waals surface area contributed by atoms with Gasteiger partial charge in [-0.15, -0.1) is 0 Å². The van der Waals surface area contributed by atoms with Crippen LogP contribution in [0.3, 0.4) is 0 Å². The van der Waals surface area contributed by atoms with Crippen LogP contribution in [0.1, 0.15) is 16.2 Å². The van der Waals surface area contributed by atoms with Crippen LogP contribution in [-0.2, 0) is 13.5 Å². The average Bonchev–Trinajstić information content (AvgIpc) is 2.75. The molecule has 0 spiro atoms. The van der Waals surface area contributed by atoms with Gasteiger partial charge in [0, 0.05) is 43.8 Å². The predicted molar refractivity (Wildman–Crippen MR) is 67.9 cm³/mol. The molecule has 0 aromatic carbocycles. The fourth-order valence-corrected chi connectivity index (χ4v) is 1.61. The van der Waals surface area contributed by atoms with Gasteiger partial charge in [-0.1, -0.05) is 0 Å². The molecule has 0 radical (unpaired) electrons. The lowest BCUT2D eigenvalue weighted by Crippen LogP contribution is -2.27. The lowest BCUT2D eigenvalue weighted by molar-refractivity contribution is 0.0949. The minimum absolute atomic E-state index is 0.218. The van der Waals surface area contributed by atoms with Gasteiger partial charge in [-0.3, -0.25) is 14.5 Å². The van der Waals surface area contributed by atoms with E-state index in [2.05, 4.69) is 15.4 Å². The number of nitrogens with one attached hydrogen (secondary N) is 1. The summed E-state index contributed by atoms with van der Waals surface area (Å²) in [5.41, 5.74) is 7.52. The Bertz CT molecular complexity index is 549. The van der Waals surface area contributed by atoms with E-state index < -0.39 is 0 Å². The summed E-state index contributed by atoms with van der Waals surface area (Å²) in [6.45, 7) is 0.537. The van der Waals surface area contributed by atoms with Gasteiger partial charge >= 0.3 is 0 Å². The number of aryl methyl sites for hydroxylation is 1. The molecule has 0 aliphatic carbocycles. The first-order valence-electron chi connectivity index (χ1n) is 5.63. The van der Waals surface area contributed by atoms with Crippen molar-refractivity contribution in [2.24, 2.45) is 7.05 Å². The molecule has 6 nitrogen and oxygen atoms in total. The first kappa shape index (κ1) is 12.1. The highest BCUT2D eigenvalue weighted by Crippen LogP contribution is 2.02. The van der Waals surface area contributed by atoms with E-state index in [1.165, 1.54) is 6.20 Å². The Balaban J connectivity index is 1.87. The van der Waals surface area contributed by atoms with E-state index in [0.29, 0.717) is 17.9 Å². The third-order valence-electron chi connectivity index (χ3n) is 2.61. The zero-order valence-electron chi connectivity index (χ0n) is 10.1. The van der Waals surface area contributed by atoms with Crippen molar-refractivity contribution in [1.82, 2.24) is 20.1 Å². The molecule has 2 heterocycles. The maximum Gasteiger partial charge on any atom is 0.269 e. The second-order valence-electron chi connectivity index (χ2n) is 3.93. The second kappa shape index (κ2) is 5.31. The first-order valence-corrected chi connectivity index (χ1v) is 5.63. The number of amides is 1. The molecule has 2 aromatic heterocycles. The number of carbonyl (C=O) groups is 1. The summed E-state index contributed by atoms with van der Waals surface area (Å²) in [7, 11) is 1.87. The highest BCUT2D eigenvalue weighted by Gasteiger charge is 2.07. The summed E-state index contributed by atoms with van der Waals surface area (Å²) >= 11 is 0. The second-order valence-corrected chi connectivity index (χ2v) is 3.93. The number of hydrogen-bond donors (Lipinski definition) is 2. The normalized spacial score (nSPS) is 10.3. The summed E-state index contributed by atoms with van der Waals surface area (Å²) in [5, 5.41) is 6.85. The van der Waals surface area contributed by atoms with Gasteiger partial charge in [-0.2, -0.15) is 5.10 Å². The first-order chi connectivity index (χ1) is 8.66. The average molecular weight is 245 g/mol. The SMILES string of the molecule is Cn1nccc1CCNC(=O)c1cc(N)ccn1. The molecule has 18 heavy (non-hydrogen) atoms. The van der Waals surface area contributed by atoms with Crippen molar-refractivity contribution in [3.8, 4) is 0 Å². The van der Waals surface area contributed by atoms with Gasteiger partial charge in [0.15, 0.2) is 0 Å². The Labute approximate surface area is 105 Å². The topological polar surface area (TPSA) is 85.8 Å². The fraction of sp³-hybridized carbons (Fsp3) is 0.250. The molecular formula is C12H15N5O. The molecule has 0 bridgehead atoms. The molecule has 6 heteroatoms. The standard InChI is InChI=1S/C12H15N5O/c1-17-10(4-7-16-17)3-6-15-12(18)11-8-9(13)2-5-14-11/h2,4-5,7-8H,3,6H2,1H3,(H2,13,14)(H,15,18). The highest BCUT2D eigenvalue weighted by molar-refractivity contribution is 5.92. The molecule has 2 rings (SSSR count). The largest absolute Gasteiger partial charge is 0.399 e. The van der Waals surface area contributed by atoms with Crippen LogP contribution in [0.2, 0.25) is 0 Å². The Morgan fingerprint density at radius 1 is 1.44 bits per heavy atom. The number of rotatable bonds is 4. The van der Waals surface area contributed by atoms with Crippen molar-refractivity contribution in [2.45, 2.75) is 6.42 Å². The number of anilines is 1. The van der Waals surface area contributed by atoms with Gasteiger partial charge in [-0.05, 0) is 18.2 Å². The van der Waals surface area contributed by atoms with E-state index in [4.69, 9.17) is 5.73 Å². The van der Waals surface area contributed by atoms with Crippen LogP contribution in [-0.4, -0.2) is 27.2 Å². The molecule has 0 atom stereocenters. The zero-order chi connectivity index (χ0) is 13.0. The van der Waals surface area contributed by atoms with Gasteiger partial charge in [-0.25, -0.2) is 0 Å². The number of aromatic nitrogens is 3. The molecule has 0 fully saturated rings. The number of hydrogen-bond acceptors (Lipinski definition) is 4. The van der Waals surface area contributed by atoms with Crippen molar-refractivity contribution in [1.29, 1.82) is 0 Å². The Hall–Kier alpha value is -2.37. The summed E-state index contributed by atoms with van der Waals surface area (Å²) in [4.78, 5) is 15.7. The Morgan fingerprint density at radius 2 is 2.28 bits per heavy atom. The molecule has 0 aliphatic heterocycles. The van der Waals surface area contributed by atoms with Gasteiger partial charge in [0.25, 0.3) is 5.91 Å². The smallest absolute Gasteiger partial charge is 0.269 e. The molecule has 0 aliphatic rings. The lowest BCUT2D eigenvalue weighted by atomic mass is 10.3. The van der Waals surface area contributed by atoms with Crippen LogP contribution in [0.4, 0.5) is 5.69 Å². The van der Waals surface area contributed by atoms with E-state index >= 15 is 0 Å². The Morgan fingerprint density at radius 3 is 2.94 bits per heavy atom. The van der Waals surface area contributed by atoms with Crippen LogP contribution < -0.4 is 11.1 Å². The molecule has 0 saturated carbocycles. The maximum absolute atomic E-state index is 11.8. The van der Waals surface area contributed by atoms with Gasteiger partial charge in [0.1, 0.15) is 5.69 Å². The summed E-state index contributed by atoms with van der Waals surface area (Å²) in [5.74, 6) is -0.218. The van der Waals surface area contributed by atoms with E-state index in [1.54, 1.807) is 23.0 Å². The lowest BCUT2D eigenvalue weighted by Gasteiger charge is -2.05.